The van der Waals surface area contributed by atoms with Crippen LogP contribution in [0.1, 0.15) is 52.9 Å². The Morgan fingerprint density at radius 1 is 1.18 bits per heavy atom. The fraction of sp³-hybridized carbons (Fsp3) is 0.952. The molecule has 0 bridgehead atoms. The molecule has 2 atom stereocenters. The van der Waals surface area contributed by atoms with Crippen molar-refractivity contribution in [1.29, 1.82) is 0 Å². The number of hydrogen-bond acceptors (Lipinski definition) is 4. The SMILES string of the molecule is CCNC(=NCC(C)N1CCCC(C)C1)N1CCC(OCCCOC)CC1.I. The van der Waals surface area contributed by atoms with E-state index in [0.29, 0.717) is 12.1 Å². The average molecular weight is 511 g/mol. The van der Waals surface area contributed by atoms with Crippen molar-refractivity contribution in [2.45, 2.75) is 65.0 Å². The van der Waals surface area contributed by atoms with Gasteiger partial charge in [0.1, 0.15) is 0 Å². The zero-order valence-electron chi connectivity index (χ0n) is 18.5. The van der Waals surface area contributed by atoms with Crippen molar-refractivity contribution in [2.24, 2.45) is 10.9 Å². The predicted molar refractivity (Wildman–Crippen MR) is 128 cm³/mol. The van der Waals surface area contributed by atoms with Gasteiger partial charge in [0, 0.05) is 52.5 Å². The molecular formula is C21H43IN4O2. The number of halogens is 1. The molecule has 0 aliphatic carbocycles. The van der Waals surface area contributed by atoms with E-state index >= 15 is 0 Å². The van der Waals surface area contributed by atoms with Gasteiger partial charge in [-0.1, -0.05) is 6.92 Å². The lowest BCUT2D eigenvalue weighted by Gasteiger charge is -2.36. The molecule has 2 unspecified atom stereocenters. The number of methoxy groups -OCH3 is 1. The Balaban J connectivity index is 0.00000392. The van der Waals surface area contributed by atoms with Gasteiger partial charge in [0.25, 0.3) is 0 Å². The summed E-state index contributed by atoms with van der Waals surface area (Å²) in [5.74, 6) is 1.90. The molecule has 0 radical (unpaired) electrons. The minimum atomic E-state index is 0. The first kappa shape index (κ1) is 25.9. The third kappa shape index (κ3) is 9.13. The second-order valence-corrected chi connectivity index (χ2v) is 8.19. The van der Waals surface area contributed by atoms with Crippen molar-refractivity contribution in [1.82, 2.24) is 15.1 Å². The molecule has 2 fully saturated rings. The highest BCUT2D eigenvalue weighted by atomic mass is 127. The van der Waals surface area contributed by atoms with Gasteiger partial charge in [-0.05, 0) is 58.4 Å². The van der Waals surface area contributed by atoms with Gasteiger partial charge in [-0.3, -0.25) is 9.89 Å². The lowest BCUT2D eigenvalue weighted by atomic mass is 9.99. The van der Waals surface area contributed by atoms with Gasteiger partial charge in [0.2, 0.25) is 0 Å². The van der Waals surface area contributed by atoms with Crippen LogP contribution in [0.2, 0.25) is 0 Å². The Bertz CT molecular complexity index is 431. The van der Waals surface area contributed by atoms with Gasteiger partial charge in [0.05, 0.1) is 12.6 Å². The summed E-state index contributed by atoms with van der Waals surface area (Å²) in [5.41, 5.74) is 0. The highest BCUT2D eigenvalue weighted by Crippen LogP contribution is 2.18. The molecule has 0 saturated carbocycles. The molecule has 7 heteroatoms. The van der Waals surface area contributed by atoms with E-state index in [-0.39, 0.29) is 24.0 Å². The van der Waals surface area contributed by atoms with E-state index in [0.717, 1.165) is 70.5 Å². The van der Waals surface area contributed by atoms with E-state index < -0.39 is 0 Å². The second-order valence-electron chi connectivity index (χ2n) is 8.19. The molecule has 0 amide bonds. The first-order chi connectivity index (χ1) is 13.1. The third-order valence-electron chi connectivity index (χ3n) is 5.74. The zero-order valence-corrected chi connectivity index (χ0v) is 20.8. The molecule has 28 heavy (non-hydrogen) atoms. The minimum Gasteiger partial charge on any atom is -0.385 e. The standard InChI is InChI=1S/C21H42N4O2.HI/c1-5-22-21(23-16-19(3)25-11-6-8-18(2)17-25)24-12-9-20(10-13-24)27-15-7-14-26-4;/h18-20H,5-17H2,1-4H3,(H,22,23);1H. The molecule has 0 aromatic carbocycles. The maximum atomic E-state index is 5.99. The van der Waals surface area contributed by atoms with Crippen LogP contribution in [0, 0.1) is 5.92 Å². The predicted octanol–water partition coefficient (Wildman–Crippen LogP) is 3.21. The minimum absolute atomic E-state index is 0. The fourth-order valence-corrected chi connectivity index (χ4v) is 4.07. The molecule has 2 aliphatic rings. The van der Waals surface area contributed by atoms with E-state index in [1.165, 1.54) is 25.9 Å². The molecule has 1 N–H and O–H groups in total. The first-order valence-corrected chi connectivity index (χ1v) is 11.0. The Morgan fingerprint density at radius 2 is 1.93 bits per heavy atom. The van der Waals surface area contributed by atoms with Crippen molar-refractivity contribution in [2.75, 3.05) is 59.6 Å². The summed E-state index contributed by atoms with van der Waals surface area (Å²) in [5, 5.41) is 3.49. The number of hydrogen-bond donors (Lipinski definition) is 1. The number of rotatable bonds is 9. The Labute approximate surface area is 189 Å². The summed E-state index contributed by atoms with van der Waals surface area (Å²) in [6, 6.07) is 0.517. The van der Waals surface area contributed by atoms with Crippen LogP contribution in [0.5, 0.6) is 0 Å². The molecule has 166 valence electrons. The number of nitrogens with zero attached hydrogens (tertiary/aromatic N) is 3. The van der Waals surface area contributed by atoms with Crippen LogP contribution in [0.15, 0.2) is 4.99 Å². The molecule has 0 spiro atoms. The fourth-order valence-electron chi connectivity index (χ4n) is 4.07. The van der Waals surface area contributed by atoms with Crippen molar-refractivity contribution < 1.29 is 9.47 Å². The molecule has 2 saturated heterocycles. The van der Waals surface area contributed by atoms with E-state index in [1.807, 2.05) is 0 Å². The van der Waals surface area contributed by atoms with Crippen LogP contribution >= 0.6 is 24.0 Å². The normalized spacial score (nSPS) is 23.4. The van der Waals surface area contributed by atoms with Crippen LogP contribution in [-0.4, -0.2) is 87.5 Å². The topological polar surface area (TPSA) is 49.3 Å². The van der Waals surface area contributed by atoms with Crippen LogP contribution in [0.3, 0.4) is 0 Å². The van der Waals surface area contributed by atoms with Crippen LogP contribution in [-0.2, 0) is 9.47 Å². The van der Waals surface area contributed by atoms with Gasteiger partial charge >= 0.3 is 0 Å². The van der Waals surface area contributed by atoms with Crippen molar-refractivity contribution in [3.63, 3.8) is 0 Å². The number of guanidine groups is 1. The van der Waals surface area contributed by atoms with Crippen molar-refractivity contribution >= 4 is 29.9 Å². The molecule has 0 aromatic heterocycles. The highest BCUT2D eigenvalue weighted by molar-refractivity contribution is 14.0. The smallest absolute Gasteiger partial charge is 0.193 e. The summed E-state index contributed by atoms with van der Waals surface area (Å²) in [6.45, 7) is 14.7. The molecule has 2 heterocycles. The molecule has 2 aliphatic heterocycles. The van der Waals surface area contributed by atoms with Gasteiger partial charge < -0.3 is 19.7 Å². The Hall–Kier alpha value is -0.120. The quantitative estimate of drug-likeness (QED) is 0.224. The van der Waals surface area contributed by atoms with Gasteiger partial charge in [-0.2, -0.15) is 0 Å². The lowest BCUT2D eigenvalue weighted by Crippen LogP contribution is -2.48. The maximum absolute atomic E-state index is 5.99. The monoisotopic (exact) mass is 510 g/mol. The lowest BCUT2D eigenvalue weighted by molar-refractivity contribution is 0.00988. The molecule has 0 aromatic rings. The number of likely N-dealkylation sites (tertiary alicyclic amines) is 2. The second kappa shape index (κ2) is 14.8. The summed E-state index contributed by atoms with van der Waals surface area (Å²) in [7, 11) is 1.74. The molecule has 2 rings (SSSR count). The van der Waals surface area contributed by atoms with Gasteiger partial charge in [-0.15, -0.1) is 24.0 Å². The van der Waals surface area contributed by atoms with E-state index in [4.69, 9.17) is 14.5 Å². The van der Waals surface area contributed by atoms with E-state index in [9.17, 15) is 0 Å². The van der Waals surface area contributed by atoms with Gasteiger partial charge in [-0.25, -0.2) is 0 Å². The van der Waals surface area contributed by atoms with Crippen LogP contribution in [0.4, 0.5) is 0 Å². The number of aliphatic imine (C=N–C) groups is 1. The zero-order chi connectivity index (χ0) is 19.5. The molecule has 6 nitrogen and oxygen atoms in total. The Morgan fingerprint density at radius 3 is 2.57 bits per heavy atom. The first-order valence-electron chi connectivity index (χ1n) is 11.0. The van der Waals surface area contributed by atoms with E-state index in [2.05, 4.69) is 35.9 Å². The highest BCUT2D eigenvalue weighted by Gasteiger charge is 2.23. The Kier molecular flexibility index (Phi) is 13.7. The number of ether oxygens (including phenoxy) is 2. The average Bonchev–Trinajstić information content (AvgIpc) is 2.69. The van der Waals surface area contributed by atoms with Gasteiger partial charge in [0.15, 0.2) is 5.96 Å². The van der Waals surface area contributed by atoms with Crippen LogP contribution < -0.4 is 5.32 Å². The summed E-state index contributed by atoms with van der Waals surface area (Å²) in [4.78, 5) is 10.0. The van der Waals surface area contributed by atoms with E-state index in [1.54, 1.807) is 7.11 Å². The summed E-state index contributed by atoms with van der Waals surface area (Å²) < 4.78 is 11.1. The number of nitrogens with one attached hydrogen (secondary N) is 1. The van der Waals surface area contributed by atoms with Crippen LogP contribution in [0.25, 0.3) is 0 Å². The molecular weight excluding hydrogens is 467 g/mol. The van der Waals surface area contributed by atoms with Crippen molar-refractivity contribution in [3.05, 3.63) is 0 Å². The number of piperidine rings is 2. The van der Waals surface area contributed by atoms with Crippen molar-refractivity contribution in [3.8, 4) is 0 Å². The maximum Gasteiger partial charge on any atom is 0.193 e. The summed E-state index contributed by atoms with van der Waals surface area (Å²) in [6.07, 6.45) is 6.22. The largest absolute Gasteiger partial charge is 0.385 e. The summed E-state index contributed by atoms with van der Waals surface area (Å²) >= 11 is 0. The third-order valence-corrected chi connectivity index (χ3v) is 5.74.